The molecule has 1 saturated heterocycles. The third kappa shape index (κ3) is 5.03. The minimum Gasteiger partial charge on any atom is -0.459 e. The Hall–Kier alpha value is -1.53. The van der Waals surface area contributed by atoms with Crippen LogP contribution in [0.15, 0.2) is 22.8 Å². The number of piperidine rings is 1. The number of likely N-dealkylation sites (tertiary alicyclic amines) is 1. The molecule has 0 bridgehead atoms. The van der Waals surface area contributed by atoms with Crippen molar-refractivity contribution >= 4 is 24.2 Å². The first-order valence-corrected chi connectivity index (χ1v) is 7.43. The Morgan fingerprint density at radius 3 is 2.95 bits per heavy atom. The first-order valence-electron chi connectivity index (χ1n) is 7.43. The molecule has 0 radical (unpaired) electrons. The van der Waals surface area contributed by atoms with E-state index in [0.29, 0.717) is 18.9 Å². The fraction of sp³-hybridized carbons (Fsp3) is 0.600. The molecule has 7 heteroatoms. The van der Waals surface area contributed by atoms with Gasteiger partial charge in [-0.25, -0.2) is 0 Å². The molecule has 1 aliphatic rings. The predicted octanol–water partition coefficient (Wildman–Crippen LogP) is 1.41. The van der Waals surface area contributed by atoms with E-state index in [-0.39, 0.29) is 36.0 Å². The summed E-state index contributed by atoms with van der Waals surface area (Å²) < 4.78 is 4.99. The van der Waals surface area contributed by atoms with Crippen LogP contribution in [0.1, 0.15) is 36.7 Å². The van der Waals surface area contributed by atoms with Crippen LogP contribution < -0.4 is 11.1 Å². The number of furan rings is 1. The highest BCUT2D eigenvalue weighted by atomic mass is 35.5. The van der Waals surface area contributed by atoms with Crippen LogP contribution in [0.25, 0.3) is 0 Å². The van der Waals surface area contributed by atoms with Gasteiger partial charge >= 0.3 is 0 Å². The second kappa shape index (κ2) is 8.80. The van der Waals surface area contributed by atoms with Crippen LogP contribution in [0, 0.1) is 5.92 Å². The van der Waals surface area contributed by atoms with Gasteiger partial charge in [-0.15, -0.1) is 12.4 Å². The van der Waals surface area contributed by atoms with Gasteiger partial charge in [-0.1, -0.05) is 0 Å². The van der Waals surface area contributed by atoms with E-state index in [4.69, 9.17) is 10.2 Å². The third-order valence-corrected chi connectivity index (χ3v) is 3.92. The van der Waals surface area contributed by atoms with Gasteiger partial charge in [-0.3, -0.25) is 9.59 Å². The van der Waals surface area contributed by atoms with E-state index in [1.54, 1.807) is 12.1 Å². The molecule has 22 heavy (non-hydrogen) atoms. The number of carbonyl (C=O) groups is 2. The molecule has 2 atom stereocenters. The van der Waals surface area contributed by atoms with E-state index in [9.17, 15) is 9.59 Å². The smallest absolute Gasteiger partial charge is 0.286 e. The molecular weight excluding hydrogens is 306 g/mol. The molecule has 1 aromatic heterocycles. The molecule has 2 amide bonds. The number of nitrogens with zero attached hydrogens (tertiary/aromatic N) is 1. The fourth-order valence-electron chi connectivity index (χ4n) is 2.60. The third-order valence-electron chi connectivity index (χ3n) is 3.92. The Bertz CT molecular complexity index is 476. The van der Waals surface area contributed by atoms with Crippen molar-refractivity contribution in [2.45, 2.75) is 32.2 Å². The van der Waals surface area contributed by atoms with E-state index in [0.717, 1.165) is 25.9 Å². The number of rotatable bonds is 5. The lowest BCUT2D eigenvalue weighted by Gasteiger charge is -2.34. The fourth-order valence-corrected chi connectivity index (χ4v) is 2.60. The summed E-state index contributed by atoms with van der Waals surface area (Å²) in [6, 6.07) is 3.36. The van der Waals surface area contributed by atoms with Crippen molar-refractivity contribution in [1.82, 2.24) is 10.2 Å². The van der Waals surface area contributed by atoms with Crippen LogP contribution in [0.4, 0.5) is 0 Å². The summed E-state index contributed by atoms with van der Waals surface area (Å²) in [4.78, 5) is 25.7. The van der Waals surface area contributed by atoms with Gasteiger partial charge in [0.2, 0.25) is 5.91 Å². The molecular formula is C15H24ClN3O3. The highest BCUT2D eigenvalue weighted by molar-refractivity contribution is 5.91. The molecule has 124 valence electrons. The zero-order valence-corrected chi connectivity index (χ0v) is 13.6. The van der Waals surface area contributed by atoms with E-state index in [2.05, 4.69) is 5.32 Å². The van der Waals surface area contributed by atoms with Gasteiger partial charge in [0.15, 0.2) is 5.76 Å². The molecule has 1 aromatic rings. The Labute approximate surface area is 136 Å². The lowest BCUT2D eigenvalue weighted by molar-refractivity contribution is -0.132. The summed E-state index contributed by atoms with van der Waals surface area (Å²) in [6.07, 6.45) is 3.83. The summed E-state index contributed by atoms with van der Waals surface area (Å²) in [6.45, 7) is 3.82. The quantitative estimate of drug-likeness (QED) is 0.854. The summed E-state index contributed by atoms with van der Waals surface area (Å²) in [7, 11) is 0. The standard InChI is InChI=1S/C15H23N3O3.ClH/c1-11(16)12-4-2-8-18(10-12)14(19)6-7-17-15(20)13-5-3-9-21-13;/h3,5,9,11-12H,2,4,6-8,10,16H2,1H3,(H,17,20);1H. The van der Waals surface area contributed by atoms with Gasteiger partial charge in [-0.2, -0.15) is 0 Å². The molecule has 1 aliphatic heterocycles. The number of carbonyl (C=O) groups excluding carboxylic acids is 2. The number of hydrogen-bond donors (Lipinski definition) is 2. The van der Waals surface area contributed by atoms with E-state index >= 15 is 0 Å². The first-order chi connectivity index (χ1) is 10.1. The Balaban J connectivity index is 0.00000242. The van der Waals surface area contributed by atoms with Gasteiger partial charge < -0.3 is 20.4 Å². The van der Waals surface area contributed by atoms with Crippen LogP contribution >= 0.6 is 12.4 Å². The van der Waals surface area contributed by atoms with Crippen molar-refractivity contribution in [2.75, 3.05) is 19.6 Å². The number of amides is 2. The normalized spacial score (nSPS) is 19.2. The van der Waals surface area contributed by atoms with Crippen molar-refractivity contribution < 1.29 is 14.0 Å². The zero-order chi connectivity index (χ0) is 15.2. The molecule has 2 rings (SSSR count). The van der Waals surface area contributed by atoms with Gasteiger partial charge in [0.1, 0.15) is 0 Å². The summed E-state index contributed by atoms with van der Waals surface area (Å²) in [5, 5.41) is 2.68. The number of nitrogens with two attached hydrogens (primary N) is 1. The maximum Gasteiger partial charge on any atom is 0.286 e. The average Bonchev–Trinajstić information content (AvgIpc) is 3.01. The van der Waals surface area contributed by atoms with Crippen molar-refractivity contribution in [3.05, 3.63) is 24.2 Å². The Morgan fingerprint density at radius 1 is 1.55 bits per heavy atom. The van der Waals surface area contributed by atoms with Gasteiger partial charge in [0.25, 0.3) is 5.91 Å². The molecule has 1 fully saturated rings. The van der Waals surface area contributed by atoms with E-state index in [1.807, 2.05) is 11.8 Å². The predicted molar refractivity (Wildman–Crippen MR) is 85.9 cm³/mol. The number of nitrogens with one attached hydrogen (secondary N) is 1. The second-order valence-electron chi connectivity index (χ2n) is 5.58. The maximum atomic E-state index is 12.1. The molecule has 0 aromatic carbocycles. The second-order valence-corrected chi connectivity index (χ2v) is 5.58. The monoisotopic (exact) mass is 329 g/mol. The van der Waals surface area contributed by atoms with Gasteiger partial charge in [0, 0.05) is 32.1 Å². The summed E-state index contributed by atoms with van der Waals surface area (Å²) in [5.41, 5.74) is 5.92. The van der Waals surface area contributed by atoms with Crippen molar-refractivity contribution in [1.29, 1.82) is 0 Å². The van der Waals surface area contributed by atoms with Crippen molar-refractivity contribution in [3.8, 4) is 0 Å². The molecule has 6 nitrogen and oxygen atoms in total. The van der Waals surface area contributed by atoms with E-state index in [1.165, 1.54) is 6.26 Å². The molecule has 0 saturated carbocycles. The largest absolute Gasteiger partial charge is 0.459 e. The topological polar surface area (TPSA) is 88.6 Å². The summed E-state index contributed by atoms with van der Waals surface area (Å²) >= 11 is 0. The Morgan fingerprint density at radius 2 is 2.32 bits per heavy atom. The molecule has 3 N–H and O–H groups in total. The minimum absolute atomic E-state index is 0. The van der Waals surface area contributed by atoms with Crippen LogP contribution in [-0.4, -0.2) is 42.4 Å². The highest BCUT2D eigenvalue weighted by Gasteiger charge is 2.25. The lowest BCUT2D eigenvalue weighted by Crippen LogP contribution is -2.45. The van der Waals surface area contributed by atoms with Crippen LogP contribution in [0.5, 0.6) is 0 Å². The van der Waals surface area contributed by atoms with Gasteiger partial charge in [0.05, 0.1) is 6.26 Å². The van der Waals surface area contributed by atoms with Gasteiger partial charge in [-0.05, 0) is 37.8 Å². The Kier molecular flexibility index (Phi) is 7.41. The molecule has 0 aliphatic carbocycles. The van der Waals surface area contributed by atoms with Crippen molar-refractivity contribution in [2.24, 2.45) is 11.7 Å². The first kappa shape index (κ1) is 18.5. The lowest BCUT2D eigenvalue weighted by atomic mass is 9.92. The maximum absolute atomic E-state index is 12.1. The summed E-state index contributed by atoms with van der Waals surface area (Å²) in [5.74, 6) is 0.415. The number of halogens is 1. The average molecular weight is 330 g/mol. The highest BCUT2D eigenvalue weighted by Crippen LogP contribution is 2.19. The molecule has 2 unspecified atom stereocenters. The van der Waals surface area contributed by atoms with Crippen LogP contribution in [0.2, 0.25) is 0 Å². The van der Waals surface area contributed by atoms with Crippen molar-refractivity contribution in [3.63, 3.8) is 0 Å². The molecule has 0 spiro atoms. The van der Waals surface area contributed by atoms with Crippen LogP contribution in [0.3, 0.4) is 0 Å². The molecule has 2 heterocycles. The SMILES string of the molecule is CC(N)C1CCCN(C(=O)CCNC(=O)c2ccco2)C1.Cl. The number of hydrogen-bond acceptors (Lipinski definition) is 4. The van der Waals surface area contributed by atoms with E-state index < -0.39 is 0 Å². The minimum atomic E-state index is -0.292. The van der Waals surface area contributed by atoms with Crippen LogP contribution in [-0.2, 0) is 4.79 Å². The zero-order valence-electron chi connectivity index (χ0n) is 12.8.